The van der Waals surface area contributed by atoms with Crippen molar-refractivity contribution in [1.29, 1.82) is 10.5 Å². The second-order valence-corrected chi connectivity index (χ2v) is 5.43. The molecule has 1 aliphatic heterocycles. The third-order valence-electron chi connectivity index (χ3n) is 3.84. The number of H-pyrrole nitrogens is 1. The van der Waals surface area contributed by atoms with E-state index in [4.69, 9.17) is 10.5 Å². The number of hydrogen-bond donors (Lipinski definition) is 2. The first-order valence-electron chi connectivity index (χ1n) is 7.61. The van der Waals surface area contributed by atoms with Crippen LogP contribution in [-0.2, 0) is 0 Å². The molecular weight excluding hydrogens is 306 g/mol. The molecule has 2 N–H and O–H groups in total. The molecule has 1 aliphatic rings. The first-order valence-corrected chi connectivity index (χ1v) is 7.61. The maximum absolute atomic E-state index is 9.96. The number of phenols is 1. The maximum atomic E-state index is 9.96. The number of piperidine rings is 1. The van der Waals surface area contributed by atoms with Gasteiger partial charge in [-0.15, -0.1) is 10.2 Å². The van der Waals surface area contributed by atoms with Gasteiger partial charge in [-0.1, -0.05) is 0 Å². The molecule has 1 aromatic heterocycles. The summed E-state index contributed by atoms with van der Waals surface area (Å²) in [4.78, 5) is 8.71. The Kier molecular flexibility index (Phi) is 4.39. The molecule has 0 aliphatic carbocycles. The molecule has 3 rings (SSSR count). The average Bonchev–Trinajstić information content (AvgIpc) is 3.04. The Morgan fingerprint density at radius 2 is 1.92 bits per heavy atom. The highest BCUT2D eigenvalue weighted by Crippen LogP contribution is 2.33. The van der Waals surface area contributed by atoms with Crippen LogP contribution in [-0.4, -0.2) is 28.2 Å². The van der Waals surface area contributed by atoms with Gasteiger partial charge in [0, 0.05) is 18.8 Å². The fourth-order valence-electron chi connectivity index (χ4n) is 2.61. The standard InChI is InChI=1S/C16H15N7O/c17-9-13-14(10-18)20-16(19-13)22-21-12-8-11(4-5-15(12)24)23-6-2-1-3-7-23/h4-5,8,24H,1-3,6-7H2,(H,19,20)/b22-21+. The largest absolute Gasteiger partial charge is 0.506 e. The molecule has 0 atom stereocenters. The second kappa shape index (κ2) is 6.80. The molecule has 0 radical (unpaired) electrons. The van der Waals surface area contributed by atoms with Crippen LogP contribution in [0.15, 0.2) is 28.4 Å². The zero-order valence-corrected chi connectivity index (χ0v) is 12.9. The van der Waals surface area contributed by atoms with Gasteiger partial charge in [0.1, 0.15) is 23.6 Å². The van der Waals surface area contributed by atoms with Gasteiger partial charge in [0.25, 0.3) is 0 Å². The average molecular weight is 321 g/mol. The van der Waals surface area contributed by atoms with Crippen molar-refractivity contribution >= 4 is 17.3 Å². The quantitative estimate of drug-likeness (QED) is 0.839. The molecule has 2 aromatic rings. The number of hydrogen-bond acceptors (Lipinski definition) is 7. The van der Waals surface area contributed by atoms with E-state index in [0.29, 0.717) is 5.69 Å². The van der Waals surface area contributed by atoms with E-state index < -0.39 is 0 Å². The first-order chi connectivity index (χ1) is 11.7. The van der Waals surface area contributed by atoms with Crippen LogP contribution in [0.25, 0.3) is 0 Å². The summed E-state index contributed by atoms with van der Waals surface area (Å²) >= 11 is 0. The minimum atomic E-state index is -0.0299. The van der Waals surface area contributed by atoms with Gasteiger partial charge in [-0.25, -0.2) is 0 Å². The Balaban J connectivity index is 1.85. The number of azo groups is 1. The van der Waals surface area contributed by atoms with E-state index in [9.17, 15) is 5.11 Å². The Bertz CT molecular complexity index is 819. The van der Waals surface area contributed by atoms with Crippen LogP contribution in [0.2, 0.25) is 0 Å². The Morgan fingerprint density at radius 1 is 1.12 bits per heavy atom. The number of aromatic nitrogens is 2. The summed E-state index contributed by atoms with van der Waals surface area (Å²) in [5.41, 5.74) is 1.30. The van der Waals surface area contributed by atoms with Crippen molar-refractivity contribution in [2.75, 3.05) is 18.0 Å². The molecule has 1 saturated heterocycles. The number of imidazole rings is 1. The number of benzene rings is 1. The predicted octanol–water partition coefficient (Wildman–Crippen LogP) is 3.26. The highest BCUT2D eigenvalue weighted by Gasteiger charge is 2.13. The molecular formula is C16H15N7O. The third kappa shape index (κ3) is 3.18. The maximum Gasteiger partial charge on any atom is 0.249 e. The SMILES string of the molecule is N#Cc1nc(/N=N/c2cc(N3CCCCC3)ccc2O)[nH]c1C#N. The Labute approximate surface area is 138 Å². The molecule has 8 heteroatoms. The number of anilines is 1. The summed E-state index contributed by atoms with van der Waals surface area (Å²) in [5, 5.41) is 35.6. The first kappa shape index (κ1) is 15.5. The van der Waals surface area contributed by atoms with Crippen LogP contribution >= 0.6 is 0 Å². The van der Waals surface area contributed by atoms with Crippen molar-refractivity contribution in [3.8, 4) is 17.9 Å². The molecule has 0 saturated carbocycles. The molecule has 0 bridgehead atoms. The summed E-state index contributed by atoms with van der Waals surface area (Å²) in [6, 6.07) is 8.84. The van der Waals surface area contributed by atoms with Crippen LogP contribution < -0.4 is 4.90 Å². The van der Waals surface area contributed by atoms with Gasteiger partial charge in [0.15, 0.2) is 11.4 Å². The summed E-state index contributed by atoms with van der Waals surface area (Å²) in [5.74, 6) is 0.0537. The Hall–Kier alpha value is -3.39. The van der Waals surface area contributed by atoms with E-state index in [1.54, 1.807) is 18.2 Å². The van der Waals surface area contributed by atoms with Gasteiger partial charge in [0.2, 0.25) is 5.95 Å². The lowest BCUT2D eigenvalue weighted by molar-refractivity contribution is 0.476. The molecule has 0 amide bonds. The van der Waals surface area contributed by atoms with Crippen molar-refractivity contribution in [3.05, 3.63) is 29.6 Å². The van der Waals surface area contributed by atoms with E-state index in [1.165, 1.54) is 6.42 Å². The topological polar surface area (TPSA) is 124 Å². The molecule has 0 unspecified atom stereocenters. The lowest BCUT2D eigenvalue weighted by atomic mass is 10.1. The van der Waals surface area contributed by atoms with Crippen molar-refractivity contribution in [1.82, 2.24) is 9.97 Å². The number of phenolic OH excluding ortho intramolecular Hbond substituents is 1. The molecule has 1 aromatic carbocycles. The third-order valence-corrected chi connectivity index (χ3v) is 3.84. The van der Waals surface area contributed by atoms with E-state index >= 15 is 0 Å². The number of rotatable bonds is 3. The summed E-state index contributed by atoms with van der Waals surface area (Å²) in [6.07, 6.45) is 3.54. The van der Waals surface area contributed by atoms with Gasteiger partial charge in [-0.05, 0) is 37.5 Å². The molecule has 1 fully saturated rings. The predicted molar refractivity (Wildman–Crippen MR) is 86.4 cm³/mol. The fraction of sp³-hybridized carbons (Fsp3) is 0.312. The molecule has 0 spiro atoms. The fourth-order valence-corrected chi connectivity index (χ4v) is 2.61. The molecule has 2 heterocycles. The van der Waals surface area contributed by atoms with Gasteiger partial charge >= 0.3 is 0 Å². The number of aromatic hydroxyl groups is 1. The normalized spacial score (nSPS) is 14.5. The van der Waals surface area contributed by atoms with Crippen LogP contribution in [0.5, 0.6) is 5.75 Å². The van der Waals surface area contributed by atoms with Crippen LogP contribution in [0.1, 0.15) is 30.7 Å². The highest BCUT2D eigenvalue weighted by molar-refractivity contribution is 5.62. The monoisotopic (exact) mass is 321 g/mol. The van der Waals surface area contributed by atoms with E-state index in [-0.39, 0.29) is 23.1 Å². The molecule has 24 heavy (non-hydrogen) atoms. The smallest absolute Gasteiger partial charge is 0.249 e. The van der Waals surface area contributed by atoms with Crippen molar-refractivity contribution < 1.29 is 5.11 Å². The van der Waals surface area contributed by atoms with Crippen molar-refractivity contribution in [2.24, 2.45) is 10.2 Å². The summed E-state index contributed by atoms with van der Waals surface area (Å²) in [7, 11) is 0. The van der Waals surface area contributed by atoms with Gasteiger partial charge in [0.05, 0.1) is 0 Å². The minimum Gasteiger partial charge on any atom is -0.506 e. The lowest BCUT2D eigenvalue weighted by Gasteiger charge is -2.28. The van der Waals surface area contributed by atoms with Crippen LogP contribution in [0, 0.1) is 22.7 Å². The number of aromatic amines is 1. The molecule has 120 valence electrons. The van der Waals surface area contributed by atoms with Gasteiger partial charge < -0.3 is 15.0 Å². The minimum absolute atomic E-state index is 0.00655. The Morgan fingerprint density at radius 3 is 2.58 bits per heavy atom. The second-order valence-electron chi connectivity index (χ2n) is 5.43. The van der Waals surface area contributed by atoms with Crippen molar-refractivity contribution in [2.45, 2.75) is 19.3 Å². The number of nitrogens with one attached hydrogen (secondary N) is 1. The van der Waals surface area contributed by atoms with Crippen LogP contribution in [0.4, 0.5) is 17.3 Å². The van der Waals surface area contributed by atoms with Gasteiger partial charge in [-0.2, -0.15) is 15.5 Å². The molecule has 8 nitrogen and oxygen atoms in total. The van der Waals surface area contributed by atoms with Crippen molar-refractivity contribution in [3.63, 3.8) is 0 Å². The zero-order chi connectivity index (χ0) is 16.9. The van der Waals surface area contributed by atoms with Crippen LogP contribution in [0.3, 0.4) is 0 Å². The number of nitriles is 2. The summed E-state index contributed by atoms with van der Waals surface area (Å²) in [6.45, 7) is 1.97. The van der Waals surface area contributed by atoms with Gasteiger partial charge in [-0.3, -0.25) is 0 Å². The lowest BCUT2D eigenvalue weighted by Crippen LogP contribution is -2.29. The highest BCUT2D eigenvalue weighted by atomic mass is 16.3. The van der Waals surface area contributed by atoms with E-state index in [1.807, 2.05) is 12.1 Å². The summed E-state index contributed by atoms with van der Waals surface area (Å²) < 4.78 is 0. The van der Waals surface area contributed by atoms with E-state index in [2.05, 4.69) is 25.1 Å². The zero-order valence-electron chi connectivity index (χ0n) is 12.9. The number of nitrogens with zero attached hydrogens (tertiary/aromatic N) is 6. The van der Waals surface area contributed by atoms with E-state index in [0.717, 1.165) is 31.6 Å².